The molecule has 0 saturated heterocycles. The van der Waals surface area contributed by atoms with Gasteiger partial charge in [0.15, 0.2) is 4.90 Å². The van der Waals surface area contributed by atoms with Gasteiger partial charge in [0.25, 0.3) is 5.69 Å². The number of benzene rings is 1. The summed E-state index contributed by atoms with van der Waals surface area (Å²) in [6.45, 7) is 0. The van der Waals surface area contributed by atoms with Crippen LogP contribution in [0.25, 0.3) is 0 Å². The standard InChI is InChI=1S/C6H4ClNO5S.Na.H/c7-4-1-2-5(8(9)10)6(3-4)14(11,12)13;;/h1-3H,(H,11,12,13);;/q;+1;-1. The molecule has 0 spiro atoms. The van der Waals surface area contributed by atoms with E-state index < -0.39 is 25.6 Å². The second-order valence-corrected chi connectivity index (χ2v) is 4.17. The largest absolute Gasteiger partial charge is 1.00 e. The van der Waals surface area contributed by atoms with Gasteiger partial charge in [0, 0.05) is 11.1 Å². The second kappa shape index (κ2) is 5.24. The van der Waals surface area contributed by atoms with E-state index in [1.165, 1.54) is 0 Å². The van der Waals surface area contributed by atoms with E-state index in [0.717, 1.165) is 18.2 Å². The van der Waals surface area contributed by atoms with Gasteiger partial charge in [0.1, 0.15) is 0 Å². The molecule has 0 bridgehead atoms. The average molecular weight is 262 g/mol. The van der Waals surface area contributed by atoms with E-state index in [-0.39, 0.29) is 36.0 Å². The Morgan fingerprint density at radius 3 is 2.40 bits per heavy atom. The maximum Gasteiger partial charge on any atom is 1.00 e. The number of nitrogens with zero attached hydrogens (tertiary/aromatic N) is 1. The molecule has 0 aliphatic carbocycles. The minimum absolute atomic E-state index is 0. The normalized spacial score (nSPS) is 10.5. The van der Waals surface area contributed by atoms with Crippen LogP contribution in [0.5, 0.6) is 0 Å². The zero-order valence-corrected chi connectivity index (χ0v) is 11.1. The first-order valence-electron chi connectivity index (χ1n) is 3.24. The smallest absolute Gasteiger partial charge is 1.00 e. The maximum absolute atomic E-state index is 10.7. The number of nitro groups is 1. The quantitative estimate of drug-likeness (QED) is 0.306. The van der Waals surface area contributed by atoms with E-state index in [0.29, 0.717) is 0 Å². The van der Waals surface area contributed by atoms with Crippen LogP contribution in [-0.4, -0.2) is 17.9 Å². The number of halogens is 1. The molecule has 1 N–H and O–H groups in total. The second-order valence-electron chi connectivity index (χ2n) is 2.34. The van der Waals surface area contributed by atoms with Gasteiger partial charge in [-0.2, -0.15) is 8.42 Å². The summed E-state index contributed by atoms with van der Waals surface area (Å²) in [4.78, 5) is 8.64. The first-order chi connectivity index (χ1) is 6.32. The van der Waals surface area contributed by atoms with Crippen molar-refractivity contribution in [1.82, 2.24) is 0 Å². The van der Waals surface area contributed by atoms with Crippen molar-refractivity contribution in [2.24, 2.45) is 0 Å². The molecular weight excluding hydrogens is 257 g/mol. The summed E-state index contributed by atoms with van der Waals surface area (Å²) in [5.74, 6) is 0. The summed E-state index contributed by atoms with van der Waals surface area (Å²) in [6, 6.07) is 2.88. The number of hydrogen-bond acceptors (Lipinski definition) is 4. The van der Waals surface area contributed by atoms with Gasteiger partial charge < -0.3 is 1.43 Å². The Morgan fingerprint density at radius 2 is 2.00 bits per heavy atom. The third kappa shape index (κ3) is 3.71. The molecule has 1 aromatic carbocycles. The van der Waals surface area contributed by atoms with E-state index in [2.05, 4.69) is 0 Å². The predicted molar refractivity (Wildman–Crippen MR) is 49.0 cm³/mol. The number of nitro benzene ring substituents is 1. The Hall–Kier alpha value is -0.180. The van der Waals surface area contributed by atoms with Gasteiger partial charge in [0.05, 0.1) is 4.92 Å². The first kappa shape index (κ1) is 14.8. The molecule has 0 unspecified atom stereocenters. The Morgan fingerprint density at radius 1 is 1.47 bits per heavy atom. The summed E-state index contributed by atoms with van der Waals surface area (Å²) in [5.41, 5.74) is -0.711. The van der Waals surface area contributed by atoms with E-state index >= 15 is 0 Å². The summed E-state index contributed by atoms with van der Waals surface area (Å²) < 4.78 is 30.1. The minimum Gasteiger partial charge on any atom is -1.00 e. The van der Waals surface area contributed by atoms with Gasteiger partial charge in [-0.15, -0.1) is 0 Å². The molecule has 0 amide bonds. The zero-order valence-electron chi connectivity index (χ0n) is 8.55. The van der Waals surface area contributed by atoms with Crippen molar-refractivity contribution in [3.05, 3.63) is 33.3 Å². The summed E-state index contributed by atoms with van der Waals surface area (Å²) in [5, 5.41) is 10.4. The molecule has 15 heavy (non-hydrogen) atoms. The molecule has 0 aromatic heterocycles. The van der Waals surface area contributed by atoms with Crippen LogP contribution < -0.4 is 29.6 Å². The van der Waals surface area contributed by atoms with Crippen LogP contribution >= 0.6 is 11.6 Å². The van der Waals surface area contributed by atoms with Crippen LogP contribution in [0.15, 0.2) is 23.1 Å². The topological polar surface area (TPSA) is 97.5 Å². The van der Waals surface area contributed by atoms with E-state index in [9.17, 15) is 18.5 Å². The van der Waals surface area contributed by atoms with Crippen LogP contribution in [0.4, 0.5) is 5.69 Å². The molecule has 1 rings (SSSR count). The van der Waals surface area contributed by atoms with Gasteiger partial charge in [-0.05, 0) is 12.1 Å². The zero-order chi connectivity index (χ0) is 10.9. The third-order valence-corrected chi connectivity index (χ3v) is 2.51. The average Bonchev–Trinajstić information content (AvgIpc) is 2.01. The summed E-state index contributed by atoms with van der Waals surface area (Å²) >= 11 is 5.43. The summed E-state index contributed by atoms with van der Waals surface area (Å²) in [6.07, 6.45) is 0. The molecule has 0 aliphatic rings. The van der Waals surface area contributed by atoms with Crippen molar-refractivity contribution in [3.63, 3.8) is 0 Å². The van der Waals surface area contributed by atoms with Crippen LogP contribution in [-0.2, 0) is 10.1 Å². The van der Waals surface area contributed by atoms with Gasteiger partial charge in [0.2, 0.25) is 0 Å². The molecule has 0 heterocycles. The van der Waals surface area contributed by atoms with Crippen molar-refractivity contribution in [3.8, 4) is 0 Å². The van der Waals surface area contributed by atoms with Gasteiger partial charge in [-0.3, -0.25) is 14.7 Å². The molecular formula is C6H5ClNNaO5S. The van der Waals surface area contributed by atoms with Crippen molar-refractivity contribution in [1.29, 1.82) is 0 Å². The van der Waals surface area contributed by atoms with Crippen molar-refractivity contribution in [2.75, 3.05) is 0 Å². The molecule has 0 fully saturated rings. The monoisotopic (exact) mass is 261 g/mol. The van der Waals surface area contributed by atoms with Crippen molar-refractivity contribution >= 4 is 27.4 Å². The van der Waals surface area contributed by atoms with Crippen molar-refractivity contribution < 1.29 is 48.9 Å². The van der Waals surface area contributed by atoms with Crippen LogP contribution in [0.1, 0.15) is 1.43 Å². The molecule has 9 heteroatoms. The summed E-state index contributed by atoms with van der Waals surface area (Å²) in [7, 11) is -4.63. The molecule has 1 aromatic rings. The van der Waals surface area contributed by atoms with Crippen LogP contribution in [0, 0.1) is 10.1 Å². The predicted octanol–water partition coefficient (Wildman–Crippen LogP) is -1.39. The Bertz CT molecular complexity index is 494. The molecule has 6 nitrogen and oxygen atoms in total. The number of hydrogen-bond donors (Lipinski definition) is 1. The van der Waals surface area contributed by atoms with E-state index in [1.54, 1.807) is 0 Å². The maximum atomic E-state index is 10.7. The van der Waals surface area contributed by atoms with E-state index in [4.69, 9.17) is 16.2 Å². The van der Waals surface area contributed by atoms with Gasteiger partial charge in [-0.25, -0.2) is 0 Å². The third-order valence-electron chi connectivity index (χ3n) is 1.40. The Kier molecular flexibility index (Phi) is 5.18. The Labute approximate surface area is 114 Å². The fourth-order valence-electron chi connectivity index (χ4n) is 0.845. The fraction of sp³-hybridized carbons (Fsp3) is 0. The SMILES string of the molecule is O=[N+]([O-])c1ccc(Cl)cc1S(=O)(=O)O.[H-].[Na+]. The number of rotatable bonds is 2. The molecule has 0 atom stereocenters. The van der Waals surface area contributed by atoms with Crippen LogP contribution in [0.3, 0.4) is 0 Å². The van der Waals surface area contributed by atoms with Crippen LogP contribution in [0.2, 0.25) is 5.02 Å². The molecule has 0 radical (unpaired) electrons. The van der Waals surface area contributed by atoms with Gasteiger partial charge in [-0.1, -0.05) is 11.6 Å². The molecule has 0 saturated carbocycles. The minimum atomic E-state index is -4.63. The van der Waals surface area contributed by atoms with Crippen molar-refractivity contribution in [2.45, 2.75) is 4.90 Å². The molecule has 78 valence electrons. The van der Waals surface area contributed by atoms with Gasteiger partial charge >= 0.3 is 39.7 Å². The first-order valence-corrected chi connectivity index (χ1v) is 5.05. The Balaban J connectivity index is 0. The van der Waals surface area contributed by atoms with E-state index in [1.807, 2.05) is 0 Å². The fourth-order valence-corrected chi connectivity index (χ4v) is 1.76. The molecule has 0 aliphatic heterocycles.